The number of ether oxygens (including phenoxy) is 2. The Balaban J connectivity index is 1.64. The monoisotopic (exact) mass is 506 g/mol. The van der Waals surface area contributed by atoms with Gasteiger partial charge >= 0.3 is 0 Å². The number of halogens is 3. The molecule has 0 radical (unpaired) electrons. The lowest BCUT2D eigenvalue weighted by atomic mass is 10.2. The predicted octanol–water partition coefficient (Wildman–Crippen LogP) is 6.11. The van der Waals surface area contributed by atoms with Crippen LogP contribution in [0.15, 0.2) is 70.2 Å². The summed E-state index contributed by atoms with van der Waals surface area (Å²) < 4.78 is 11.9. The van der Waals surface area contributed by atoms with Gasteiger partial charge in [-0.25, -0.2) is 5.43 Å². The lowest BCUT2D eigenvalue weighted by Gasteiger charge is -2.11. The number of rotatable bonds is 7. The quantitative estimate of drug-likeness (QED) is 0.310. The van der Waals surface area contributed by atoms with Gasteiger partial charge in [-0.05, 0) is 69.5 Å². The third-order valence-electron chi connectivity index (χ3n) is 4.06. The van der Waals surface area contributed by atoms with Crippen molar-refractivity contribution in [3.05, 3.63) is 91.9 Å². The first kappa shape index (κ1) is 22.2. The van der Waals surface area contributed by atoms with Crippen LogP contribution in [0.2, 0.25) is 10.0 Å². The summed E-state index contributed by atoms with van der Waals surface area (Å²) in [6.45, 7) is 0.308. The number of nitrogens with one attached hydrogen (secondary N) is 1. The van der Waals surface area contributed by atoms with E-state index in [1.54, 1.807) is 55.6 Å². The fourth-order valence-electron chi connectivity index (χ4n) is 2.55. The van der Waals surface area contributed by atoms with Crippen molar-refractivity contribution in [2.45, 2.75) is 6.61 Å². The molecule has 8 heteroatoms. The van der Waals surface area contributed by atoms with E-state index >= 15 is 0 Å². The third-order valence-corrected chi connectivity index (χ3v) is 5.49. The molecule has 0 spiro atoms. The maximum absolute atomic E-state index is 12.2. The predicted molar refractivity (Wildman–Crippen MR) is 123 cm³/mol. The molecule has 0 aliphatic rings. The van der Waals surface area contributed by atoms with Crippen LogP contribution in [0.25, 0.3) is 0 Å². The summed E-state index contributed by atoms with van der Waals surface area (Å²) in [7, 11) is 1.55. The van der Waals surface area contributed by atoms with Gasteiger partial charge < -0.3 is 9.47 Å². The number of hydrazone groups is 1. The molecule has 0 bridgehead atoms. The van der Waals surface area contributed by atoms with Gasteiger partial charge in [0.25, 0.3) is 5.91 Å². The van der Waals surface area contributed by atoms with Crippen LogP contribution in [0.4, 0.5) is 0 Å². The lowest BCUT2D eigenvalue weighted by molar-refractivity contribution is 0.0954. The fraction of sp³-hybridized carbons (Fsp3) is 0.0909. The zero-order chi connectivity index (χ0) is 21.5. The van der Waals surface area contributed by atoms with Gasteiger partial charge in [0.15, 0.2) is 11.5 Å². The molecule has 0 saturated heterocycles. The molecule has 0 aromatic heterocycles. The number of amides is 1. The van der Waals surface area contributed by atoms with Gasteiger partial charge in [0.2, 0.25) is 0 Å². The summed E-state index contributed by atoms with van der Waals surface area (Å²) in [6, 6.07) is 17.8. The van der Waals surface area contributed by atoms with Crippen LogP contribution in [-0.4, -0.2) is 19.2 Å². The molecule has 3 rings (SSSR count). The summed E-state index contributed by atoms with van der Waals surface area (Å²) >= 11 is 15.3. The minimum absolute atomic E-state index is 0.308. The summed E-state index contributed by atoms with van der Waals surface area (Å²) in [5.74, 6) is 0.793. The molecule has 0 aliphatic carbocycles. The van der Waals surface area contributed by atoms with Crippen molar-refractivity contribution < 1.29 is 14.3 Å². The van der Waals surface area contributed by atoms with Crippen molar-refractivity contribution in [1.82, 2.24) is 5.43 Å². The molecule has 3 aromatic rings. The van der Waals surface area contributed by atoms with Crippen LogP contribution in [-0.2, 0) is 6.61 Å². The average Bonchev–Trinajstić information content (AvgIpc) is 2.75. The maximum Gasteiger partial charge on any atom is 0.272 e. The molecule has 0 unspecified atom stereocenters. The molecule has 0 fully saturated rings. The maximum atomic E-state index is 12.2. The van der Waals surface area contributed by atoms with E-state index < -0.39 is 0 Å². The number of hydrogen-bond acceptors (Lipinski definition) is 4. The Morgan fingerprint density at radius 2 is 1.87 bits per heavy atom. The van der Waals surface area contributed by atoms with Crippen LogP contribution in [0.1, 0.15) is 21.5 Å². The molecule has 0 heterocycles. The van der Waals surface area contributed by atoms with Gasteiger partial charge in [0.1, 0.15) is 6.61 Å². The van der Waals surface area contributed by atoms with E-state index in [2.05, 4.69) is 26.5 Å². The first-order chi connectivity index (χ1) is 14.5. The van der Waals surface area contributed by atoms with E-state index in [1.165, 1.54) is 6.21 Å². The van der Waals surface area contributed by atoms with E-state index in [0.29, 0.717) is 38.2 Å². The first-order valence-electron chi connectivity index (χ1n) is 8.80. The van der Waals surface area contributed by atoms with E-state index in [9.17, 15) is 4.79 Å². The highest BCUT2D eigenvalue weighted by Gasteiger charge is 2.09. The molecule has 30 heavy (non-hydrogen) atoms. The van der Waals surface area contributed by atoms with Gasteiger partial charge in [0.05, 0.1) is 28.9 Å². The van der Waals surface area contributed by atoms with Crippen molar-refractivity contribution in [3.8, 4) is 11.5 Å². The van der Waals surface area contributed by atoms with Crippen LogP contribution >= 0.6 is 39.1 Å². The Kier molecular flexibility index (Phi) is 7.74. The Labute approximate surface area is 192 Å². The highest BCUT2D eigenvalue weighted by molar-refractivity contribution is 9.10. The molecular formula is C22H17BrCl2N2O3. The van der Waals surface area contributed by atoms with Crippen LogP contribution in [0, 0.1) is 0 Å². The van der Waals surface area contributed by atoms with E-state index in [4.69, 9.17) is 32.7 Å². The van der Waals surface area contributed by atoms with Crippen LogP contribution < -0.4 is 14.9 Å². The van der Waals surface area contributed by atoms with Crippen molar-refractivity contribution in [2.24, 2.45) is 5.10 Å². The van der Waals surface area contributed by atoms with Crippen molar-refractivity contribution in [2.75, 3.05) is 7.11 Å². The summed E-state index contributed by atoms with van der Waals surface area (Å²) in [5.41, 5.74) is 4.62. The number of methoxy groups -OCH3 is 1. The zero-order valence-electron chi connectivity index (χ0n) is 15.9. The molecule has 5 nitrogen and oxygen atoms in total. The normalized spacial score (nSPS) is 10.8. The minimum Gasteiger partial charge on any atom is -0.493 e. The Morgan fingerprint density at radius 3 is 2.60 bits per heavy atom. The molecule has 1 N–H and O–H groups in total. The molecule has 154 valence electrons. The summed E-state index contributed by atoms with van der Waals surface area (Å²) in [6.07, 6.45) is 1.53. The van der Waals surface area contributed by atoms with Crippen molar-refractivity contribution in [1.29, 1.82) is 0 Å². The second-order valence-electron chi connectivity index (χ2n) is 6.13. The smallest absolute Gasteiger partial charge is 0.272 e. The summed E-state index contributed by atoms with van der Waals surface area (Å²) in [5, 5.41) is 4.97. The van der Waals surface area contributed by atoms with E-state index in [-0.39, 0.29) is 5.91 Å². The lowest BCUT2D eigenvalue weighted by Crippen LogP contribution is -2.18. The molecule has 3 aromatic carbocycles. The Hall–Kier alpha value is -2.54. The Morgan fingerprint density at radius 1 is 1.07 bits per heavy atom. The molecular weight excluding hydrogens is 491 g/mol. The third kappa shape index (κ3) is 5.75. The molecule has 0 atom stereocenters. The minimum atomic E-state index is -0.313. The second-order valence-corrected chi connectivity index (χ2v) is 7.80. The van der Waals surface area contributed by atoms with E-state index in [1.807, 2.05) is 12.1 Å². The fourth-order valence-corrected chi connectivity index (χ4v) is 3.33. The largest absolute Gasteiger partial charge is 0.493 e. The molecule has 0 aliphatic heterocycles. The number of carbonyl (C=O) groups excluding carboxylic acids is 1. The van der Waals surface area contributed by atoms with Crippen molar-refractivity contribution >= 4 is 51.3 Å². The highest BCUT2D eigenvalue weighted by Crippen LogP contribution is 2.29. The van der Waals surface area contributed by atoms with Gasteiger partial charge in [-0.3, -0.25) is 4.79 Å². The SMILES string of the molecule is COc1cc(/C=N/NC(=O)c2ccccc2Br)ccc1OCc1ccc(Cl)c(Cl)c1. The number of benzene rings is 3. The van der Waals surface area contributed by atoms with Crippen LogP contribution in [0.3, 0.4) is 0 Å². The van der Waals surface area contributed by atoms with Gasteiger partial charge in [-0.15, -0.1) is 0 Å². The highest BCUT2D eigenvalue weighted by atomic mass is 79.9. The molecule has 0 saturated carbocycles. The first-order valence-corrected chi connectivity index (χ1v) is 10.4. The average molecular weight is 508 g/mol. The second kappa shape index (κ2) is 10.5. The van der Waals surface area contributed by atoms with Gasteiger partial charge in [0, 0.05) is 4.47 Å². The van der Waals surface area contributed by atoms with Crippen LogP contribution in [0.5, 0.6) is 11.5 Å². The number of hydrogen-bond donors (Lipinski definition) is 1. The zero-order valence-corrected chi connectivity index (χ0v) is 19.0. The van der Waals surface area contributed by atoms with E-state index in [0.717, 1.165) is 11.1 Å². The molecule has 1 amide bonds. The Bertz CT molecular complexity index is 1090. The van der Waals surface area contributed by atoms with Gasteiger partial charge in [-0.1, -0.05) is 41.4 Å². The topological polar surface area (TPSA) is 59.9 Å². The van der Waals surface area contributed by atoms with Gasteiger partial charge in [-0.2, -0.15) is 5.10 Å². The summed E-state index contributed by atoms with van der Waals surface area (Å²) in [4.78, 5) is 12.2. The standard InChI is InChI=1S/C22H17BrCl2N2O3/c1-29-21-11-14(12-26-27-22(28)16-4-2-3-5-17(16)23)7-9-20(21)30-13-15-6-8-18(24)19(25)10-15/h2-12H,13H2,1H3,(H,27,28)/b26-12+. The number of carbonyl (C=O) groups is 1. The van der Waals surface area contributed by atoms with Crippen molar-refractivity contribution in [3.63, 3.8) is 0 Å². The number of nitrogens with zero attached hydrogens (tertiary/aromatic N) is 1.